The van der Waals surface area contributed by atoms with E-state index in [0.29, 0.717) is 5.92 Å². The van der Waals surface area contributed by atoms with Gasteiger partial charge in [-0.25, -0.2) is 0 Å². The predicted octanol–water partition coefficient (Wildman–Crippen LogP) is 3.06. The van der Waals surface area contributed by atoms with Crippen molar-refractivity contribution in [1.29, 1.82) is 0 Å². The average molecular weight is 179 g/mol. The monoisotopic (exact) mass is 178 g/mol. The highest BCUT2D eigenvalue weighted by Gasteiger charge is 2.22. The number of hydrogen-bond acceptors (Lipinski definition) is 1. The van der Waals surface area contributed by atoms with E-state index in [1.165, 1.54) is 0 Å². The Morgan fingerprint density at radius 3 is 1.91 bits per heavy atom. The number of methoxy groups -OCH3 is 1. The SMILES string of the molecule is COC(CC(C)(C)Cl)C(C)C. The van der Waals surface area contributed by atoms with Crippen molar-refractivity contribution in [1.82, 2.24) is 0 Å². The van der Waals surface area contributed by atoms with Gasteiger partial charge < -0.3 is 4.74 Å². The number of alkyl halides is 1. The summed E-state index contributed by atoms with van der Waals surface area (Å²) in [6.07, 6.45) is 1.19. The van der Waals surface area contributed by atoms with E-state index in [4.69, 9.17) is 16.3 Å². The maximum absolute atomic E-state index is 6.07. The lowest BCUT2D eigenvalue weighted by Crippen LogP contribution is -2.26. The summed E-state index contributed by atoms with van der Waals surface area (Å²) < 4.78 is 5.30. The number of halogens is 1. The Hall–Kier alpha value is 0.250. The highest BCUT2D eigenvalue weighted by Crippen LogP contribution is 2.24. The number of ether oxygens (including phenoxy) is 1. The van der Waals surface area contributed by atoms with Gasteiger partial charge in [0.25, 0.3) is 0 Å². The fraction of sp³-hybridized carbons (Fsp3) is 1.00. The van der Waals surface area contributed by atoms with E-state index < -0.39 is 0 Å². The Labute approximate surface area is 75.1 Å². The molecule has 0 radical (unpaired) electrons. The molecule has 0 rings (SSSR count). The summed E-state index contributed by atoms with van der Waals surface area (Å²) in [6, 6.07) is 0. The largest absolute Gasteiger partial charge is 0.381 e. The van der Waals surface area contributed by atoms with Crippen LogP contribution in [0.2, 0.25) is 0 Å². The van der Waals surface area contributed by atoms with Crippen LogP contribution in [0.5, 0.6) is 0 Å². The van der Waals surface area contributed by atoms with Crippen molar-refractivity contribution in [2.45, 2.75) is 45.1 Å². The molecule has 0 heterocycles. The first-order valence-corrected chi connectivity index (χ1v) is 4.46. The van der Waals surface area contributed by atoms with Gasteiger partial charge in [-0.3, -0.25) is 0 Å². The van der Waals surface area contributed by atoms with Crippen molar-refractivity contribution in [3.63, 3.8) is 0 Å². The van der Waals surface area contributed by atoms with Gasteiger partial charge in [0.1, 0.15) is 0 Å². The van der Waals surface area contributed by atoms with E-state index in [2.05, 4.69) is 13.8 Å². The molecule has 0 aromatic carbocycles. The standard InChI is InChI=1S/C9H19ClO/c1-7(2)8(11-5)6-9(3,4)10/h7-8H,6H2,1-5H3. The van der Waals surface area contributed by atoms with Crippen LogP contribution < -0.4 is 0 Å². The molecule has 0 saturated heterocycles. The van der Waals surface area contributed by atoms with Crippen molar-refractivity contribution in [2.24, 2.45) is 5.92 Å². The second kappa shape index (κ2) is 4.32. The Kier molecular flexibility index (Phi) is 4.42. The highest BCUT2D eigenvalue weighted by atomic mass is 35.5. The summed E-state index contributed by atoms with van der Waals surface area (Å²) in [6.45, 7) is 8.33. The molecule has 11 heavy (non-hydrogen) atoms. The molecule has 0 aliphatic heterocycles. The highest BCUT2D eigenvalue weighted by molar-refractivity contribution is 6.23. The summed E-state index contributed by atoms with van der Waals surface area (Å²) in [5.41, 5.74) is 0. The molecule has 1 atom stereocenters. The third-order valence-electron chi connectivity index (χ3n) is 1.73. The molecule has 0 aliphatic rings. The lowest BCUT2D eigenvalue weighted by molar-refractivity contribution is 0.0514. The van der Waals surface area contributed by atoms with E-state index in [1.807, 2.05) is 13.8 Å². The van der Waals surface area contributed by atoms with Crippen LogP contribution in [0.1, 0.15) is 34.1 Å². The first-order valence-electron chi connectivity index (χ1n) is 4.08. The zero-order valence-corrected chi connectivity index (χ0v) is 8.90. The third-order valence-corrected chi connectivity index (χ3v) is 1.89. The van der Waals surface area contributed by atoms with Crippen LogP contribution in [-0.4, -0.2) is 18.1 Å². The van der Waals surface area contributed by atoms with Crippen LogP contribution in [0.4, 0.5) is 0 Å². The molecular weight excluding hydrogens is 160 g/mol. The molecular formula is C9H19ClO. The fourth-order valence-corrected chi connectivity index (χ4v) is 1.22. The molecule has 1 unspecified atom stereocenters. The van der Waals surface area contributed by atoms with Gasteiger partial charge in [-0.15, -0.1) is 11.6 Å². The summed E-state index contributed by atoms with van der Waals surface area (Å²) in [5.74, 6) is 0.540. The number of hydrogen-bond donors (Lipinski definition) is 0. The smallest absolute Gasteiger partial charge is 0.0610 e. The fourth-order valence-electron chi connectivity index (χ4n) is 1.07. The Bertz CT molecular complexity index is 105. The van der Waals surface area contributed by atoms with Gasteiger partial charge in [-0.05, 0) is 26.2 Å². The van der Waals surface area contributed by atoms with Gasteiger partial charge >= 0.3 is 0 Å². The lowest BCUT2D eigenvalue weighted by atomic mass is 9.97. The van der Waals surface area contributed by atoms with Gasteiger partial charge in [-0.1, -0.05) is 13.8 Å². The van der Waals surface area contributed by atoms with E-state index in [0.717, 1.165) is 6.42 Å². The van der Waals surface area contributed by atoms with E-state index in [1.54, 1.807) is 7.11 Å². The van der Waals surface area contributed by atoms with Gasteiger partial charge in [-0.2, -0.15) is 0 Å². The summed E-state index contributed by atoms with van der Waals surface area (Å²) >= 11 is 6.07. The molecule has 0 N–H and O–H groups in total. The summed E-state index contributed by atoms with van der Waals surface area (Å²) in [5, 5.41) is 0. The van der Waals surface area contributed by atoms with Crippen LogP contribution in [0, 0.1) is 5.92 Å². The molecule has 2 heteroatoms. The van der Waals surface area contributed by atoms with Gasteiger partial charge in [0.2, 0.25) is 0 Å². The van der Waals surface area contributed by atoms with Gasteiger partial charge in [0.15, 0.2) is 0 Å². The van der Waals surface area contributed by atoms with Crippen molar-refractivity contribution in [3.8, 4) is 0 Å². The molecule has 0 fully saturated rings. The maximum Gasteiger partial charge on any atom is 0.0610 e. The van der Waals surface area contributed by atoms with E-state index >= 15 is 0 Å². The van der Waals surface area contributed by atoms with Crippen molar-refractivity contribution in [2.75, 3.05) is 7.11 Å². The van der Waals surface area contributed by atoms with Crippen LogP contribution in [0.15, 0.2) is 0 Å². The van der Waals surface area contributed by atoms with Crippen LogP contribution >= 0.6 is 11.6 Å². The lowest BCUT2D eigenvalue weighted by Gasteiger charge is -2.25. The quantitative estimate of drug-likeness (QED) is 0.602. The Morgan fingerprint density at radius 2 is 1.82 bits per heavy atom. The van der Waals surface area contributed by atoms with Crippen LogP contribution in [0.3, 0.4) is 0 Å². The molecule has 1 nitrogen and oxygen atoms in total. The predicted molar refractivity (Wildman–Crippen MR) is 50.2 cm³/mol. The minimum Gasteiger partial charge on any atom is -0.381 e. The van der Waals surface area contributed by atoms with Crippen LogP contribution in [-0.2, 0) is 4.74 Å². The third kappa shape index (κ3) is 5.51. The Balaban J connectivity index is 3.88. The van der Waals surface area contributed by atoms with Gasteiger partial charge in [0.05, 0.1) is 6.10 Å². The second-order valence-corrected chi connectivity index (χ2v) is 4.96. The normalized spacial score (nSPS) is 15.5. The van der Waals surface area contributed by atoms with E-state index in [9.17, 15) is 0 Å². The molecule has 0 aromatic rings. The Morgan fingerprint density at radius 1 is 1.36 bits per heavy atom. The molecule has 0 aromatic heterocycles. The maximum atomic E-state index is 6.07. The minimum atomic E-state index is -0.148. The average Bonchev–Trinajstić information content (AvgIpc) is 1.80. The molecule has 0 amide bonds. The zero-order chi connectivity index (χ0) is 9.07. The van der Waals surface area contributed by atoms with Crippen molar-refractivity contribution in [3.05, 3.63) is 0 Å². The topological polar surface area (TPSA) is 9.23 Å². The summed E-state index contributed by atoms with van der Waals surface area (Å²) in [7, 11) is 1.74. The van der Waals surface area contributed by atoms with Gasteiger partial charge in [0, 0.05) is 12.0 Å². The molecule has 0 bridgehead atoms. The zero-order valence-electron chi connectivity index (χ0n) is 8.15. The first kappa shape index (κ1) is 11.2. The van der Waals surface area contributed by atoms with Crippen molar-refractivity contribution >= 4 is 11.6 Å². The molecule has 0 spiro atoms. The van der Waals surface area contributed by atoms with Crippen LogP contribution in [0.25, 0.3) is 0 Å². The van der Waals surface area contributed by atoms with Crippen molar-refractivity contribution < 1.29 is 4.74 Å². The summed E-state index contributed by atoms with van der Waals surface area (Å²) in [4.78, 5) is -0.148. The van der Waals surface area contributed by atoms with E-state index in [-0.39, 0.29) is 11.0 Å². The molecule has 68 valence electrons. The first-order chi connectivity index (χ1) is 4.87. The molecule has 0 aliphatic carbocycles. The minimum absolute atomic E-state index is 0.148. The molecule has 0 saturated carbocycles. The second-order valence-electron chi connectivity index (χ2n) is 3.94. The number of rotatable bonds is 4.